The van der Waals surface area contributed by atoms with Crippen LogP contribution in [0.2, 0.25) is 0 Å². The van der Waals surface area contributed by atoms with Crippen molar-refractivity contribution in [2.75, 3.05) is 20.7 Å². The maximum atomic E-state index is 11.4. The predicted molar refractivity (Wildman–Crippen MR) is 54.0 cm³/mol. The largest absolute Gasteiger partial charge is 0.444 e. The van der Waals surface area contributed by atoms with Crippen LogP contribution in [0.1, 0.15) is 20.8 Å². The van der Waals surface area contributed by atoms with Gasteiger partial charge in [-0.1, -0.05) is 0 Å². The Morgan fingerprint density at radius 3 is 2.27 bits per heavy atom. The van der Waals surface area contributed by atoms with Crippen molar-refractivity contribution in [3.05, 3.63) is 0 Å². The van der Waals surface area contributed by atoms with E-state index in [-0.39, 0.29) is 6.54 Å². The van der Waals surface area contributed by atoms with Gasteiger partial charge in [-0.15, -0.1) is 0 Å². The number of likely N-dealkylation sites (N-methyl/N-ethyl adjacent to an activating group) is 1. The zero-order valence-corrected chi connectivity index (χ0v) is 9.79. The van der Waals surface area contributed by atoms with Crippen molar-refractivity contribution < 1.29 is 19.2 Å². The van der Waals surface area contributed by atoms with E-state index in [1.165, 1.54) is 19.1 Å². The fraction of sp³-hybridized carbons (Fsp3) is 0.778. The Morgan fingerprint density at radius 2 is 1.87 bits per heavy atom. The summed E-state index contributed by atoms with van der Waals surface area (Å²) in [5.74, 6) is -0.411. The minimum Gasteiger partial charge on any atom is -0.444 e. The van der Waals surface area contributed by atoms with Gasteiger partial charge in [0.1, 0.15) is 12.1 Å². The average molecular weight is 218 g/mol. The number of nitrogens with one attached hydrogen (secondary N) is 1. The van der Waals surface area contributed by atoms with Crippen molar-refractivity contribution in [3.8, 4) is 0 Å². The second-order valence-corrected chi connectivity index (χ2v) is 4.07. The van der Waals surface area contributed by atoms with E-state index >= 15 is 0 Å². The summed E-state index contributed by atoms with van der Waals surface area (Å²) in [7, 11) is 2.80. The second-order valence-electron chi connectivity index (χ2n) is 4.07. The SMILES string of the molecule is CONC(=O)CN(C)C(=O)OC(C)(C)C. The molecule has 0 unspecified atom stereocenters. The maximum absolute atomic E-state index is 11.4. The molecule has 0 atom stereocenters. The van der Waals surface area contributed by atoms with E-state index in [2.05, 4.69) is 10.3 Å². The highest BCUT2D eigenvalue weighted by Gasteiger charge is 2.20. The van der Waals surface area contributed by atoms with Crippen LogP contribution in [-0.2, 0) is 14.4 Å². The number of nitrogens with zero attached hydrogens (tertiary/aromatic N) is 1. The van der Waals surface area contributed by atoms with Crippen LogP contribution in [-0.4, -0.2) is 43.2 Å². The standard InChI is InChI=1S/C9H18N2O4/c1-9(2,3)15-8(13)11(4)6-7(12)10-14-5/h6H2,1-5H3,(H,10,12). The molecule has 0 rings (SSSR count). The van der Waals surface area contributed by atoms with Crippen molar-refractivity contribution in [2.24, 2.45) is 0 Å². The third kappa shape index (κ3) is 6.73. The van der Waals surface area contributed by atoms with Crippen LogP contribution < -0.4 is 5.48 Å². The summed E-state index contributed by atoms with van der Waals surface area (Å²) in [6.07, 6.45) is -0.547. The molecule has 0 bridgehead atoms. The van der Waals surface area contributed by atoms with Crippen LogP contribution in [0, 0.1) is 0 Å². The molecule has 0 aliphatic rings. The van der Waals surface area contributed by atoms with Crippen molar-refractivity contribution in [2.45, 2.75) is 26.4 Å². The fourth-order valence-electron chi connectivity index (χ4n) is 0.766. The predicted octanol–water partition coefficient (Wildman–Crippen LogP) is 0.531. The van der Waals surface area contributed by atoms with E-state index < -0.39 is 17.6 Å². The molecule has 0 aromatic carbocycles. The van der Waals surface area contributed by atoms with Crippen LogP contribution in [0.4, 0.5) is 4.79 Å². The number of hydroxylamine groups is 1. The van der Waals surface area contributed by atoms with Crippen LogP contribution in [0.3, 0.4) is 0 Å². The molecule has 0 fully saturated rings. The minimum atomic E-state index is -0.566. The Bertz CT molecular complexity index is 235. The fourth-order valence-corrected chi connectivity index (χ4v) is 0.766. The summed E-state index contributed by atoms with van der Waals surface area (Å²) in [5, 5.41) is 0. The summed E-state index contributed by atoms with van der Waals surface area (Å²) in [4.78, 5) is 28.0. The highest BCUT2D eigenvalue weighted by Crippen LogP contribution is 2.08. The number of carbonyl (C=O) groups is 2. The van der Waals surface area contributed by atoms with E-state index in [4.69, 9.17) is 4.74 Å². The van der Waals surface area contributed by atoms with Gasteiger partial charge in [-0.2, -0.15) is 0 Å². The normalized spacial score (nSPS) is 10.7. The zero-order valence-electron chi connectivity index (χ0n) is 9.79. The summed E-state index contributed by atoms with van der Waals surface area (Å²) >= 11 is 0. The summed E-state index contributed by atoms with van der Waals surface area (Å²) < 4.78 is 5.04. The molecule has 2 amide bonds. The summed E-state index contributed by atoms with van der Waals surface area (Å²) in [5.41, 5.74) is 1.54. The van der Waals surface area contributed by atoms with Gasteiger partial charge in [-0.05, 0) is 20.8 Å². The van der Waals surface area contributed by atoms with Gasteiger partial charge >= 0.3 is 6.09 Å². The molecule has 6 heteroatoms. The van der Waals surface area contributed by atoms with Crippen LogP contribution in [0.5, 0.6) is 0 Å². The number of amides is 2. The Hall–Kier alpha value is -1.30. The molecular weight excluding hydrogens is 200 g/mol. The lowest BCUT2D eigenvalue weighted by Gasteiger charge is -2.24. The van der Waals surface area contributed by atoms with Crippen molar-refractivity contribution in [1.82, 2.24) is 10.4 Å². The Labute approximate surface area is 89.5 Å². The van der Waals surface area contributed by atoms with Crippen LogP contribution in [0.25, 0.3) is 0 Å². The van der Waals surface area contributed by atoms with E-state index in [1.54, 1.807) is 20.8 Å². The third-order valence-electron chi connectivity index (χ3n) is 1.30. The smallest absolute Gasteiger partial charge is 0.410 e. The molecule has 0 saturated heterocycles. The molecule has 0 aromatic rings. The summed E-state index contributed by atoms with van der Waals surface area (Å²) in [6.45, 7) is 5.17. The Morgan fingerprint density at radius 1 is 1.33 bits per heavy atom. The lowest BCUT2D eigenvalue weighted by Crippen LogP contribution is -2.40. The van der Waals surface area contributed by atoms with Gasteiger partial charge in [0.05, 0.1) is 7.11 Å². The van der Waals surface area contributed by atoms with E-state index in [1.807, 2.05) is 0 Å². The van der Waals surface area contributed by atoms with E-state index in [9.17, 15) is 9.59 Å². The number of hydrogen-bond donors (Lipinski definition) is 1. The van der Waals surface area contributed by atoms with Gasteiger partial charge < -0.3 is 9.64 Å². The molecule has 0 aromatic heterocycles. The molecule has 0 spiro atoms. The first-order chi connectivity index (χ1) is 6.76. The quantitative estimate of drug-likeness (QED) is 0.702. The maximum Gasteiger partial charge on any atom is 0.410 e. The molecule has 88 valence electrons. The monoisotopic (exact) mass is 218 g/mol. The molecule has 0 aliphatic heterocycles. The molecule has 0 heterocycles. The van der Waals surface area contributed by atoms with Crippen molar-refractivity contribution >= 4 is 12.0 Å². The van der Waals surface area contributed by atoms with Gasteiger partial charge in [0.25, 0.3) is 5.91 Å². The lowest BCUT2D eigenvalue weighted by molar-refractivity contribution is -0.132. The lowest BCUT2D eigenvalue weighted by atomic mass is 10.2. The third-order valence-corrected chi connectivity index (χ3v) is 1.30. The van der Waals surface area contributed by atoms with Gasteiger partial charge in [0.15, 0.2) is 0 Å². The topological polar surface area (TPSA) is 67.9 Å². The van der Waals surface area contributed by atoms with Crippen molar-refractivity contribution in [3.63, 3.8) is 0 Å². The number of carbonyl (C=O) groups excluding carboxylic acids is 2. The Kier molecular flexibility index (Phi) is 5.07. The van der Waals surface area contributed by atoms with Gasteiger partial charge in [0.2, 0.25) is 0 Å². The molecule has 0 aliphatic carbocycles. The first kappa shape index (κ1) is 13.7. The molecular formula is C9H18N2O4. The molecule has 1 N–H and O–H groups in total. The number of ether oxygens (including phenoxy) is 1. The highest BCUT2D eigenvalue weighted by molar-refractivity contribution is 5.81. The number of rotatable bonds is 3. The van der Waals surface area contributed by atoms with Gasteiger partial charge in [-0.3, -0.25) is 9.63 Å². The Balaban J connectivity index is 4.05. The van der Waals surface area contributed by atoms with E-state index in [0.717, 1.165) is 0 Å². The first-order valence-electron chi connectivity index (χ1n) is 4.52. The number of hydrogen-bond acceptors (Lipinski definition) is 4. The van der Waals surface area contributed by atoms with E-state index in [0.29, 0.717) is 0 Å². The summed E-state index contributed by atoms with van der Waals surface area (Å²) in [6, 6.07) is 0. The average Bonchev–Trinajstić information content (AvgIpc) is 2.00. The highest BCUT2D eigenvalue weighted by atomic mass is 16.6. The minimum absolute atomic E-state index is 0.108. The molecule has 0 radical (unpaired) electrons. The van der Waals surface area contributed by atoms with Gasteiger partial charge in [0, 0.05) is 7.05 Å². The molecule has 0 saturated carbocycles. The molecule has 15 heavy (non-hydrogen) atoms. The van der Waals surface area contributed by atoms with Gasteiger partial charge in [-0.25, -0.2) is 10.3 Å². The molecule has 6 nitrogen and oxygen atoms in total. The first-order valence-corrected chi connectivity index (χ1v) is 4.52. The van der Waals surface area contributed by atoms with Crippen LogP contribution in [0.15, 0.2) is 0 Å². The zero-order chi connectivity index (χ0) is 12.1. The van der Waals surface area contributed by atoms with Crippen LogP contribution >= 0.6 is 0 Å². The second kappa shape index (κ2) is 5.55. The van der Waals surface area contributed by atoms with Crippen molar-refractivity contribution in [1.29, 1.82) is 0 Å².